The van der Waals surface area contributed by atoms with E-state index < -0.39 is 0 Å². The van der Waals surface area contributed by atoms with Gasteiger partial charge in [0.05, 0.1) is 1.12 Å². The maximum absolute atomic E-state index is 5.44. The Balaban J connectivity index is -0.000000000833. The molecule has 0 radical (unpaired) electrons. The first kappa shape index (κ1) is 23.1. The Morgan fingerprint density at radius 3 is 1.20 bits per heavy atom. The Bertz CT molecular complexity index is 11.5. The predicted molar refractivity (Wildman–Crippen MR) is 24.4 cm³/mol. The first-order valence-electron chi connectivity index (χ1n) is 0.447. The van der Waals surface area contributed by atoms with Crippen molar-refractivity contribution < 1.29 is 103 Å². The van der Waals surface area contributed by atoms with Crippen LogP contribution < -0.4 is 103 Å². The molecule has 0 heterocycles. The van der Waals surface area contributed by atoms with Crippen LogP contribution in [-0.4, -0.2) is 1.12 Å². The van der Waals surface area contributed by atoms with Crippen molar-refractivity contribution >= 4 is 26.9 Å². The van der Waals surface area contributed by atoms with E-state index in [1.807, 2.05) is 0 Å². The summed E-state index contributed by atoms with van der Waals surface area (Å²) in [4.78, 5) is 0. The summed E-state index contributed by atoms with van der Waals surface area (Å²) in [6, 6.07) is 0. The molecular formula is H5K2NS2. The van der Waals surface area contributed by atoms with Crippen molar-refractivity contribution in [3.8, 4) is 0 Å². The number of hydrogen-bond donors (Lipinski definition) is 0. The summed E-state index contributed by atoms with van der Waals surface area (Å²) >= 11 is 2.78. The molecule has 5 heteroatoms. The Morgan fingerprint density at radius 1 is 1.20 bits per heavy atom. The maximum atomic E-state index is 5.44. The fourth-order valence-electron chi connectivity index (χ4n) is 0. The van der Waals surface area contributed by atoms with Gasteiger partial charge < -0.3 is 19.6 Å². The van der Waals surface area contributed by atoms with E-state index in [0.29, 0.717) is 0 Å². The number of nitrogens with two attached hydrogens (primary N) is 1. The smallest absolute Gasteiger partial charge is 0.813 e. The molecule has 0 aliphatic carbocycles. The van der Waals surface area contributed by atoms with Gasteiger partial charge in [0.1, 0.15) is 0 Å². The molecule has 0 saturated heterocycles. The molecule has 1 nitrogen and oxygen atoms in total. The monoisotopic (exact) mass is 162 g/mol. The van der Waals surface area contributed by atoms with Crippen LogP contribution >= 0.6 is 13.4 Å². The third kappa shape index (κ3) is 18.1. The molecule has 0 aliphatic rings. The molecule has 2 N–H and O–H groups in total. The zero-order valence-corrected chi connectivity index (χ0v) is 11.5. The van der Waals surface area contributed by atoms with Crippen molar-refractivity contribution in [3.63, 3.8) is 0 Å². The molecule has 0 fully saturated rings. The van der Waals surface area contributed by atoms with Crippen molar-refractivity contribution in [1.29, 1.82) is 1.12 Å². The number of thiol groups is 1. The van der Waals surface area contributed by atoms with E-state index in [1.165, 1.54) is 0 Å². The van der Waals surface area contributed by atoms with Gasteiger partial charge in [-0.3, -0.25) is 0 Å². The Kier molecular flexibility index (Phi) is 114. The molecule has 0 aromatic heterocycles. The normalized spacial score (nSPS) is 1.40. The van der Waals surface area contributed by atoms with Gasteiger partial charge in [0.2, 0.25) is 0 Å². The third-order valence-electron chi connectivity index (χ3n) is 0. The van der Waals surface area contributed by atoms with Gasteiger partial charge in [0.15, 0.2) is 0 Å². The summed E-state index contributed by atoms with van der Waals surface area (Å²) in [5.41, 5.74) is 0. The maximum Gasteiger partial charge on any atom is 1.00 e. The minimum Gasteiger partial charge on any atom is -0.813 e. The second kappa shape index (κ2) is 24.7. The average Bonchev–Trinajstić information content (AvgIpc) is 1.00. The van der Waals surface area contributed by atoms with Crippen LogP contribution in [0.3, 0.4) is 0 Å². The van der Waals surface area contributed by atoms with Gasteiger partial charge >= 0.3 is 103 Å². The molecule has 0 bridgehead atoms. The van der Waals surface area contributed by atoms with Crippen molar-refractivity contribution in [2.75, 3.05) is 0 Å². The summed E-state index contributed by atoms with van der Waals surface area (Å²) in [5.74, 6) is 0. The molecule has 0 amide bonds. The van der Waals surface area contributed by atoms with Crippen LogP contribution in [0.25, 0.3) is 6.15 Å². The van der Waals surface area contributed by atoms with Gasteiger partial charge in [0, 0.05) is 0 Å². The molecule has 0 aromatic rings. The molecule has 0 aliphatic heterocycles. The minimum absolute atomic E-state index is 0. The molecule has 24 valence electrons. The summed E-state index contributed by atoms with van der Waals surface area (Å²) in [7, 11) is 0. The van der Waals surface area contributed by atoms with Crippen LogP contribution in [0.15, 0.2) is 0 Å². The van der Waals surface area contributed by atoms with Crippen LogP contribution in [0.5, 0.6) is 0 Å². The van der Waals surface area contributed by atoms with E-state index in [0.717, 1.165) is 0 Å². The quantitative estimate of drug-likeness (QED) is 0.199. The first-order chi connectivity index (χ1) is 1.00. The largest absolute Gasteiger partial charge is 1.00 e. The molecule has 0 spiro atoms. The standard InChI is InChI=1S/2K.H2N.2H2S/h;;3*1H2/q2*+1;-1;;/p-1/i/hD. The molecule has 0 rings (SSSR count). The number of hydrogen-bond acceptors (Lipinski definition) is 1. The predicted octanol–water partition coefficient (Wildman–Crippen LogP) is -5.43. The van der Waals surface area contributed by atoms with Crippen LogP contribution in [-0.2, 0) is 13.5 Å². The Morgan fingerprint density at radius 2 is 1.20 bits per heavy atom. The summed E-state index contributed by atoms with van der Waals surface area (Å²) < 4.78 is 5.44. The van der Waals surface area contributed by atoms with Crippen LogP contribution in [0.4, 0.5) is 0 Å². The van der Waals surface area contributed by atoms with Crippen molar-refractivity contribution in [1.82, 2.24) is 0 Å². The van der Waals surface area contributed by atoms with Crippen molar-refractivity contribution in [2.45, 2.75) is 0 Å². The fraction of sp³-hybridized carbons (Fsp3) is 0. The van der Waals surface area contributed by atoms with E-state index in [4.69, 9.17) is 1.12 Å². The SMILES string of the molecule is [2H]S.[K+].[K+].[NH2-].[SH-]. The molecule has 0 unspecified atom stereocenters. The third-order valence-corrected chi connectivity index (χ3v) is 0. The topological polar surface area (TPSA) is 33.5 Å². The zero-order valence-electron chi connectivity index (χ0n) is 4.47. The van der Waals surface area contributed by atoms with Crippen molar-refractivity contribution in [2.24, 2.45) is 0 Å². The minimum atomic E-state index is 0. The van der Waals surface area contributed by atoms with E-state index in [9.17, 15) is 0 Å². The second-order valence-corrected chi connectivity index (χ2v) is 0. The Labute approximate surface area is 133 Å². The average molecular weight is 162 g/mol. The van der Waals surface area contributed by atoms with Crippen LogP contribution in [0.2, 0.25) is 0 Å². The van der Waals surface area contributed by atoms with Gasteiger partial charge in [-0.25, -0.2) is 0 Å². The summed E-state index contributed by atoms with van der Waals surface area (Å²) in [5, 5.41) is 0. The number of rotatable bonds is 0. The molecular weight excluding hydrogens is 156 g/mol. The van der Waals surface area contributed by atoms with Gasteiger partial charge in [-0.1, -0.05) is 0 Å². The van der Waals surface area contributed by atoms with E-state index in [2.05, 4.69) is 13.4 Å². The van der Waals surface area contributed by atoms with Gasteiger partial charge in [0.25, 0.3) is 0 Å². The van der Waals surface area contributed by atoms with Crippen LogP contribution in [0.1, 0.15) is 0 Å². The fourth-order valence-corrected chi connectivity index (χ4v) is 0. The zero-order chi connectivity index (χ0) is 2.00. The molecule has 0 saturated carbocycles. The van der Waals surface area contributed by atoms with Crippen LogP contribution in [0, 0.1) is 0 Å². The van der Waals surface area contributed by atoms with Gasteiger partial charge in [-0.05, 0) is 0 Å². The molecule has 0 aromatic carbocycles. The van der Waals surface area contributed by atoms with Crippen molar-refractivity contribution in [3.05, 3.63) is 6.15 Å². The summed E-state index contributed by atoms with van der Waals surface area (Å²) in [6.45, 7) is 0. The summed E-state index contributed by atoms with van der Waals surface area (Å²) in [6.07, 6.45) is 0. The van der Waals surface area contributed by atoms with E-state index >= 15 is 0 Å². The van der Waals surface area contributed by atoms with E-state index in [-0.39, 0.29) is 122 Å². The van der Waals surface area contributed by atoms with E-state index in [1.54, 1.807) is 0 Å². The van der Waals surface area contributed by atoms with Gasteiger partial charge in [-0.2, -0.15) is 13.4 Å². The first-order valence-corrected chi connectivity index (χ1v) is 0. The second-order valence-electron chi connectivity index (χ2n) is 0. The Hall–Kier alpha value is 3.93. The molecule has 5 heavy (non-hydrogen) atoms. The van der Waals surface area contributed by atoms with Gasteiger partial charge in [-0.15, -0.1) is 0 Å². The molecule has 0 atom stereocenters.